The third kappa shape index (κ3) is 5.17. The first-order valence-corrected chi connectivity index (χ1v) is 7.02. The number of hydrogen-bond acceptors (Lipinski definition) is 2. The molecule has 2 unspecified atom stereocenters. The van der Waals surface area contributed by atoms with Gasteiger partial charge in [0.1, 0.15) is 0 Å². The summed E-state index contributed by atoms with van der Waals surface area (Å²) in [6.45, 7) is 7.96. The van der Waals surface area contributed by atoms with Gasteiger partial charge in [0.25, 0.3) is 0 Å². The number of aliphatic hydroxyl groups excluding tert-OH is 2. The fourth-order valence-electron chi connectivity index (χ4n) is 2.51. The number of rotatable bonds is 6. The summed E-state index contributed by atoms with van der Waals surface area (Å²) >= 11 is 0. The Hall–Kier alpha value is -1.12. The molecule has 0 saturated carbocycles. The van der Waals surface area contributed by atoms with Crippen LogP contribution in [0.3, 0.4) is 0 Å². The Balaban J connectivity index is 2.63. The van der Waals surface area contributed by atoms with Crippen LogP contribution in [0.25, 0.3) is 0 Å². The highest BCUT2D eigenvalue weighted by atomic mass is 16.3. The van der Waals surface area contributed by atoms with E-state index in [0.29, 0.717) is 0 Å². The number of hydrogen-bond donors (Lipinski definition) is 2. The molecule has 2 N–H and O–H groups in total. The standard InChI is InChI=1S/C17H26O2/c1-12-10-13(2)17(14(3)11-12)16(19)9-7-5-6-8-15(4)18/h7,9-11,15-16,18-19H,5-6,8H2,1-4H3/b9-7+. The van der Waals surface area contributed by atoms with Crippen molar-refractivity contribution in [2.45, 2.75) is 59.2 Å². The second kappa shape index (κ2) is 7.46. The zero-order chi connectivity index (χ0) is 14.4. The second-order valence-electron chi connectivity index (χ2n) is 5.47. The zero-order valence-electron chi connectivity index (χ0n) is 12.5. The second-order valence-corrected chi connectivity index (χ2v) is 5.47. The minimum absolute atomic E-state index is 0.236. The number of benzene rings is 1. The van der Waals surface area contributed by atoms with E-state index in [1.165, 1.54) is 5.56 Å². The zero-order valence-corrected chi connectivity index (χ0v) is 12.5. The molecule has 0 aliphatic heterocycles. The van der Waals surface area contributed by atoms with E-state index in [4.69, 9.17) is 5.11 Å². The van der Waals surface area contributed by atoms with Gasteiger partial charge in [-0.15, -0.1) is 0 Å². The van der Waals surface area contributed by atoms with Crippen molar-refractivity contribution in [2.75, 3.05) is 0 Å². The molecule has 0 aliphatic rings. The van der Waals surface area contributed by atoms with Gasteiger partial charge in [0, 0.05) is 0 Å². The normalized spacial score (nSPS) is 14.8. The molecule has 2 atom stereocenters. The van der Waals surface area contributed by atoms with E-state index in [1.807, 2.05) is 26.0 Å². The number of aliphatic hydroxyl groups is 2. The molecular weight excluding hydrogens is 236 g/mol. The minimum Gasteiger partial charge on any atom is -0.393 e. The Morgan fingerprint density at radius 2 is 1.68 bits per heavy atom. The van der Waals surface area contributed by atoms with Crippen LogP contribution in [0.4, 0.5) is 0 Å². The van der Waals surface area contributed by atoms with Crippen LogP contribution in [0.15, 0.2) is 24.3 Å². The van der Waals surface area contributed by atoms with Crippen LogP contribution in [0.1, 0.15) is 54.5 Å². The monoisotopic (exact) mass is 262 g/mol. The van der Waals surface area contributed by atoms with Crippen LogP contribution < -0.4 is 0 Å². The van der Waals surface area contributed by atoms with Gasteiger partial charge < -0.3 is 10.2 Å². The van der Waals surface area contributed by atoms with Crippen molar-refractivity contribution in [1.82, 2.24) is 0 Å². The van der Waals surface area contributed by atoms with Crippen LogP contribution in [0.5, 0.6) is 0 Å². The minimum atomic E-state index is -0.535. The highest BCUT2D eigenvalue weighted by Gasteiger charge is 2.10. The molecule has 2 nitrogen and oxygen atoms in total. The summed E-state index contributed by atoms with van der Waals surface area (Å²) in [5.74, 6) is 0. The molecular formula is C17H26O2. The Bertz CT molecular complexity index is 410. The molecule has 0 amide bonds. The van der Waals surface area contributed by atoms with Gasteiger partial charge in [-0.05, 0) is 63.6 Å². The lowest BCUT2D eigenvalue weighted by molar-refractivity contribution is 0.182. The van der Waals surface area contributed by atoms with Gasteiger partial charge in [-0.25, -0.2) is 0 Å². The van der Waals surface area contributed by atoms with E-state index in [9.17, 15) is 5.11 Å². The lowest BCUT2D eigenvalue weighted by atomic mass is 9.95. The third-order valence-electron chi connectivity index (χ3n) is 3.34. The summed E-state index contributed by atoms with van der Waals surface area (Å²) in [5.41, 5.74) is 4.52. The van der Waals surface area contributed by atoms with Crippen molar-refractivity contribution in [2.24, 2.45) is 0 Å². The topological polar surface area (TPSA) is 40.5 Å². The van der Waals surface area contributed by atoms with Crippen molar-refractivity contribution in [3.05, 3.63) is 46.5 Å². The van der Waals surface area contributed by atoms with Gasteiger partial charge in [-0.2, -0.15) is 0 Å². The first-order chi connectivity index (χ1) is 8.91. The molecule has 1 rings (SSSR count). The van der Waals surface area contributed by atoms with Crippen molar-refractivity contribution >= 4 is 0 Å². The lowest BCUT2D eigenvalue weighted by Gasteiger charge is -2.14. The molecule has 0 aliphatic carbocycles. The average molecular weight is 262 g/mol. The van der Waals surface area contributed by atoms with Crippen LogP contribution in [0.2, 0.25) is 0 Å². The van der Waals surface area contributed by atoms with E-state index < -0.39 is 6.10 Å². The van der Waals surface area contributed by atoms with Crippen molar-refractivity contribution in [3.8, 4) is 0 Å². The van der Waals surface area contributed by atoms with Gasteiger partial charge in [-0.3, -0.25) is 0 Å². The molecule has 106 valence electrons. The SMILES string of the molecule is Cc1cc(C)c(C(O)/C=C/CCCC(C)O)c(C)c1. The van der Waals surface area contributed by atoms with Gasteiger partial charge in [0.05, 0.1) is 12.2 Å². The van der Waals surface area contributed by atoms with E-state index in [1.54, 1.807) is 6.92 Å². The van der Waals surface area contributed by atoms with Crippen molar-refractivity contribution in [3.63, 3.8) is 0 Å². The van der Waals surface area contributed by atoms with Crippen LogP contribution >= 0.6 is 0 Å². The quantitative estimate of drug-likeness (QED) is 0.605. The fraction of sp³-hybridized carbons (Fsp3) is 0.529. The third-order valence-corrected chi connectivity index (χ3v) is 3.34. The Kier molecular flexibility index (Phi) is 6.26. The predicted molar refractivity (Wildman–Crippen MR) is 80.3 cm³/mol. The molecule has 19 heavy (non-hydrogen) atoms. The molecule has 0 aromatic heterocycles. The molecule has 1 aromatic rings. The maximum absolute atomic E-state index is 10.2. The highest BCUT2D eigenvalue weighted by Crippen LogP contribution is 2.24. The first kappa shape index (κ1) is 15.9. The largest absolute Gasteiger partial charge is 0.393 e. The van der Waals surface area contributed by atoms with Crippen LogP contribution in [0, 0.1) is 20.8 Å². The smallest absolute Gasteiger partial charge is 0.0976 e. The summed E-state index contributed by atoms with van der Waals surface area (Å²) in [7, 11) is 0. The van der Waals surface area contributed by atoms with E-state index >= 15 is 0 Å². The predicted octanol–water partition coefficient (Wildman–Crippen LogP) is 3.75. The molecule has 0 fully saturated rings. The fourth-order valence-corrected chi connectivity index (χ4v) is 2.51. The molecule has 2 heteroatoms. The summed E-state index contributed by atoms with van der Waals surface area (Å²) in [6.07, 6.45) is 5.74. The van der Waals surface area contributed by atoms with Crippen molar-refractivity contribution in [1.29, 1.82) is 0 Å². The summed E-state index contributed by atoms with van der Waals surface area (Å²) in [6, 6.07) is 4.21. The summed E-state index contributed by atoms with van der Waals surface area (Å²) in [5, 5.41) is 19.4. The van der Waals surface area contributed by atoms with Crippen molar-refractivity contribution < 1.29 is 10.2 Å². The van der Waals surface area contributed by atoms with Gasteiger partial charge in [-0.1, -0.05) is 29.8 Å². The molecule has 0 spiro atoms. The maximum Gasteiger partial charge on any atom is 0.0976 e. The number of unbranched alkanes of at least 4 members (excludes halogenated alkanes) is 1. The van der Waals surface area contributed by atoms with Gasteiger partial charge >= 0.3 is 0 Å². The van der Waals surface area contributed by atoms with Gasteiger partial charge in [0.2, 0.25) is 0 Å². The summed E-state index contributed by atoms with van der Waals surface area (Å²) in [4.78, 5) is 0. The Morgan fingerprint density at radius 1 is 1.11 bits per heavy atom. The summed E-state index contributed by atoms with van der Waals surface area (Å²) < 4.78 is 0. The van der Waals surface area contributed by atoms with Gasteiger partial charge in [0.15, 0.2) is 0 Å². The molecule has 0 heterocycles. The molecule has 0 radical (unpaired) electrons. The van der Waals surface area contributed by atoms with E-state index in [-0.39, 0.29) is 6.10 Å². The Morgan fingerprint density at radius 3 is 2.21 bits per heavy atom. The molecule has 0 saturated heterocycles. The van der Waals surface area contributed by atoms with Crippen LogP contribution in [-0.2, 0) is 0 Å². The number of aryl methyl sites for hydroxylation is 3. The molecule has 1 aromatic carbocycles. The first-order valence-electron chi connectivity index (χ1n) is 7.02. The maximum atomic E-state index is 10.2. The Labute approximate surface area is 116 Å². The lowest BCUT2D eigenvalue weighted by Crippen LogP contribution is -2.01. The average Bonchev–Trinajstić information content (AvgIpc) is 2.26. The van der Waals surface area contributed by atoms with E-state index in [2.05, 4.69) is 19.1 Å². The molecule has 0 bridgehead atoms. The number of allylic oxidation sites excluding steroid dienone is 1. The van der Waals surface area contributed by atoms with Crippen LogP contribution in [-0.4, -0.2) is 16.3 Å². The highest BCUT2D eigenvalue weighted by molar-refractivity contribution is 5.40. The van der Waals surface area contributed by atoms with E-state index in [0.717, 1.165) is 36.0 Å².